The Morgan fingerprint density at radius 2 is 1.72 bits per heavy atom. The predicted molar refractivity (Wildman–Crippen MR) is 129 cm³/mol. The number of likely N-dealkylation sites (tertiary alicyclic amines) is 1. The molecule has 0 saturated carbocycles. The van der Waals surface area contributed by atoms with Crippen LogP contribution in [0.25, 0.3) is 16.6 Å². The molecule has 0 aliphatic carbocycles. The van der Waals surface area contributed by atoms with Gasteiger partial charge in [-0.1, -0.05) is 30.5 Å². The summed E-state index contributed by atoms with van der Waals surface area (Å²) in [7, 11) is 0. The van der Waals surface area contributed by atoms with Crippen molar-refractivity contribution in [3.8, 4) is 11.4 Å². The number of aliphatic hydroxyl groups is 1. The lowest BCUT2D eigenvalue weighted by Gasteiger charge is -2.23. The Morgan fingerprint density at radius 3 is 2.38 bits per heavy atom. The maximum atomic E-state index is 12.5. The van der Waals surface area contributed by atoms with Crippen molar-refractivity contribution in [3.63, 3.8) is 0 Å². The minimum absolute atomic E-state index is 0.0386. The molecule has 170 valence electrons. The molecule has 2 aromatic carbocycles. The molecular weight excluding hydrogens is 400 g/mol. The lowest BCUT2D eigenvalue weighted by molar-refractivity contribution is 0.0694. The number of hydrogen-bond acceptors (Lipinski definition) is 4. The topological polar surface area (TPSA) is 54.7 Å². The van der Waals surface area contributed by atoms with Crippen LogP contribution in [0, 0.1) is 13.8 Å². The second-order valence-electron chi connectivity index (χ2n) is 9.05. The van der Waals surface area contributed by atoms with E-state index in [0.717, 1.165) is 40.9 Å². The number of fused-ring (bicyclic) bond motifs is 1. The quantitative estimate of drug-likeness (QED) is 0.528. The fourth-order valence-electron chi connectivity index (χ4n) is 4.82. The Kier molecular flexibility index (Phi) is 6.97. The largest absolute Gasteiger partial charge is 0.491 e. The number of Topliss-reactive ketones (excluding diaryl/α,β-unsaturated/α-hetero) is 1. The summed E-state index contributed by atoms with van der Waals surface area (Å²) in [5.41, 5.74) is 4.86. The summed E-state index contributed by atoms with van der Waals surface area (Å²) in [6.07, 6.45) is 4.44. The van der Waals surface area contributed by atoms with Crippen LogP contribution in [-0.2, 0) is 0 Å². The minimum Gasteiger partial charge on any atom is -0.491 e. The number of hydrogen-bond donors (Lipinski definition) is 1. The highest BCUT2D eigenvalue weighted by atomic mass is 16.5. The molecule has 1 aromatic heterocycles. The molecule has 5 heteroatoms. The van der Waals surface area contributed by atoms with Gasteiger partial charge in [0.15, 0.2) is 5.78 Å². The van der Waals surface area contributed by atoms with E-state index in [1.54, 1.807) is 6.92 Å². The van der Waals surface area contributed by atoms with Gasteiger partial charge in [-0.05, 0) is 77.0 Å². The van der Waals surface area contributed by atoms with Crippen LogP contribution in [0.2, 0.25) is 0 Å². The van der Waals surface area contributed by atoms with Crippen LogP contribution in [0.5, 0.6) is 5.75 Å². The summed E-state index contributed by atoms with van der Waals surface area (Å²) >= 11 is 0. The first-order valence-corrected chi connectivity index (χ1v) is 11.7. The minimum atomic E-state index is -0.532. The van der Waals surface area contributed by atoms with Gasteiger partial charge in [0.2, 0.25) is 0 Å². The molecule has 1 aliphatic rings. The standard InChI is InChI=1S/C27H34N2O3/c1-19-8-10-22(11-9-19)29-20(2)27(21(3)30)25-16-24(12-13-26(25)29)32-18-23(31)17-28-14-6-4-5-7-15-28/h8-13,16,23,31H,4-7,14-15,17-18H2,1-3H3. The van der Waals surface area contributed by atoms with Crippen molar-refractivity contribution in [1.29, 1.82) is 0 Å². The van der Waals surface area contributed by atoms with Crippen LogP contribution in [0.4, 0.5) is 0 Å². The van der Waals surface area contributed by atoms with E-state index in [2.05, 4.69) is 40.7 Å². The number of ketones is 1. The monoisotopic (exact) mass is 434 g/mol. The molecular formula is C27H34N2O3. The Morgan fingerprint density at radius 1 is 1.03 bits per heavy atom. The summed E-state index contributed by atoms with van der Waals surface area (Å²) in [5, 5.41) is 11.4. The van der Waals surface area contributed by atoms with Gasteiger partial charge in [0.25, 0.3) is 0 Å². The van der Waals surface area contributed by atoms with Crippen molar-refractivity contribution in [2.24, 2.45) is 0 Å². The van der Waals surface area contributed by atoms with E-state index in [1.165, 1.54) is 31.2 Å². The SMILES string of the molecule is CC(=O)c1c(C)n(-c2ccc(C)cc2)c2ccc(OCC(O)CN3CCCCCC3)cc12. The summed E-state index contributed by atoms with van der Waals surface area (Å²) in [6, 6.07) is 14.2. The Hall–Kier alpha value is -2.63. The maximum absolute atomic E-state index is 12.5. The molecule has 5 nitrogen and oxygen atoms in total. The van der Waals surface area contributed by atoms with Gasteiger partial charge >= 0.3 is 0 Å². The van der Waals surface area contributed by atoms with Gasteiger partial charge in [-0.2, -0.15) is 0 Å². The number of carbonyl (C=O) groups excluding carboxylic acids is 1. The molecule has 0 bridgehead atoms. The number of carbonyl (C=O) groups is 1. The number of nitrogens with zero attached hydrogens (tertiary/aromatic N) is 2. The summed E-state index contributed by atoms with van der Waals surface area (Å²) in [6.45, 7) is 8.66. The summed E-state index contributed by atoms with van der Waals surface area (Å²) in [5.74, 6) is 0.715. The van der Waals surface area contributed by atoms with E-state index in [4.69, 9.17) is 4.74 Å². The van der Waals surface area contributed by atoms with Gasteiger partial charge in [0, 0.05) is 28.9 Å². The summed E-state index contributed by atoms with van der Waals surface area (Å²) in [4.78, 5) is 14.8. The number of β-amino-alcohol motifs (C(OH)–C–C–N with tert-alkyl or cyclic N) is 1. The number of aromatic nitrogens is 1. The third-order valence-electron chi connectivity index (χ3n) is 6.43. The fourth-order valence-corrected chi connectivity index (χ4v) is 4.82. The van der Waals surface area contributed by atoms with Crippen molar-refractivity contribution in [1.82, 2.24) is 9.47 Å². The van der Waals surface area contributed by atoms with Gasteiger partial charge < -0.3 is 19.3 Å². The van der Waals surface area contributed by atoms with Crippen LogP contribution in [-0.4, -0.2) is 52.7 Å². The highest BCUT2D eigenvalue weighted by Crippen LogP contribution is 2.32. The fraction of sp³-hybridized carbons (Fsp3) is 0.444. The van der Waals surface area contributed by atoms with E-state index >= 15 is 0 Å². The lowest BCUT2D eigenvalue weighted by atomic mass is 10.1. The lowest BCUT2D eigenvalue weighted by Crippen LogP contribution is -2.36. The first-order valence-electron chi connectivity index (χ1n) is 11.7. The van der Waals surface area contributed by atoms with Gasteiger partial charge in [-0.25, -0.2) is 0 Å². The zero-order valence-corrected chi connectivity index (χ0v) is 19.4. The van der Waals surface area contributed by atoms with E-state index < -0.39 is 6.10 Å². The molecule has 1 fully saturated rings. The Balaban J connectivity index is 1.56. The molecule has 1 atom stereocenters. The van der Waals surface area contributed by atoms with E-state index in [9.17, 15) is 9.90 Å². The van der Waals surface area contributed by atoms with Gasteiger partial charge in [0.1, 0.15) is 18.5 Å². The van der Waals surface area contributed by atoms with Crippen LogP contribution < -0.4 is 4.74 Å². The number of aryl methyl sites for hydroxylation is 1. The van der Waals surface area contributed by atoms with Crippen molar-refractivity contribution < 1.29 is 14.6 Å². The zero-order chi connectivity index (χ0) is 22.7. The number of benzene rings is 2. The second kappa shape index (κ2) is 9.88. The first-order chi connectivity index (χ1) is 15.4. The average Bonchev–Trinajstić information content (AvgIpc) is 2.89. The normalized spacial score (nSPS) is 16.1. The molecule has 1 saturated heterocycles. The number of aliphatic hydroxyl groups excluding tert-OH is 1. The average molecular weight is 435 g/mol. The van der Waals surface area contributed by atoms with Gasteiger partial charge in [0.05, 0.1) is 5.52 Å². The Bertz CT molecular complexity index is 1080. The van der Waals surface area contributed by atoms with Crippen molar-refractivity contribution in [2.45, 2.75) is 52.6 Å². The number of ether oxygens (including phenoxy) is 1. The third-order valence-corrected chi connectivity index (χ3v) is 6.43. The molecule has 4 rings (SSSR count). The second-order valence-corrected chi connectivity index (χ2v) is 9.05. The highest BCUT2D eigenvalue weighted by molar-refractivity contribution is 6.09. The number of rotatable bonds is 7. The molecule has 1 N–H and O–H groups in total. The van der Waals surface area contributed by atoms with Crippen LogP contribution >= 0.6 is 0 Å². The van der Waals surface area contributed by atoms with E-state index in [-0.39, 0.29) is 12.4 Å². The van der Waals surface area contributed by atoms with Crippen molar-refractivity contribution in [2.75, 3.05) is 26.2 Å². The third kappa shape index (κ3) is 4.89. The molecule has 2 heterocycles. The Labute approximate surface area is 190 Å². The van der Waals surface area contributed by atoms with Gasteiger partial charge in [-0.3, -0.25) is 4.79 Å². The molecule has 3 aromatic rings. The molecule has 0 amide bonds. The van der Waals surface area contributed by atoms with Crippen molar-refractivity contribution in [3.05, 3.63) is 59.3 Å². The maximum Gasteiger partial charge on any atom is 0.162 e. The molecule has 1 unspecified atom stereocenters. The zero-order valence-electron chi connectivity index (χ0n) is 19.4. The van der Waals surface area contributed by atoms with Crippen LogP contribution in [0.3, 0.4) is 0 Å². The van der Waals surface area contributed by atoms with E-state index in [1.807, 2.05) is 25.1 Å². The van der Waals surface area contributed by atoms with Crippen LogP contribution in [0.1, 0.15) is 54.2 Å². The molecule has 1 aliphatic heterocycles. The van der Waals surface area contributed by atoms with Gasteiger partial charge in [-0.15, -0.1) is 0 Å². The first kappa shape index (κ1) is 22.6. The molecule has 32 heavy (non-hydrogen) atoms. The van der Waals surface area contributed by atoms with Crippen LogP contribution in [0.15, 0.2) is 42.5 Å². The highest BCUT2D eigenvalue weighted by Gasteiger charge is 2.20. The smallest absolute Gasteiger partial charge is 0.162 e. The van der Waals surface area contributed by atoms with E-state index in [0.29, 0.717) is 12.3 Å². The van der Waals surface area contributed by atoms with Crippen molar-refractivity contribution >= 4 is 16.7 Å². The predicted octanol–water partition coefficient (Wildman–Crippen LogP) is 5.07. The molecule has 0 spiro atoms. The molecule has 0 radical (unpaired) electrons. The summed E-state index contributed by atoms with van der Waals surface area (Å²) < 4.78 is 8.09.